The number of amides is 1. The van der Waals surface area contributed by atoms with Crippen molar-refractivity contribution in [1.29, 1.82) is 0 Å². The maximum atomic E-state index is 13.1. The number of hydrogen-bond acceptors (Lipinski definition) is 5. The van der Waals surface area contributed by atoms with Crippen LogP contribution in [0.5, 0.6) is 11.5 Å². The molecule has 1 aliphatic rings. The van der Waals surface area contributed by atoms with Crippen LogP contribution in [-0.2, 0) is 4.79 Å². The van der Waals surface area contributed by atoms with Crippen molar-refractivity contribution >= 4 is 16.9 Å². The van der Waals surface area contributed by atoms with Crippen molar-refractivity contribution in [2.24, 2.45) is 5.92 Å². The van der Waals surface area contributed by atoms with Gasteiger partial charge in [0.15, 0.2) is 6.61 Å². The molecule has 1 saturated carbocycles. The summed E-state index contributed by atoms with van der Waals surface area (Å²) in [6.45, 7) is 3.88. The van der Waals surface area contributed by atoms with E-state index in [0.29, 0.717) is 34.0 Å². The first-order valence-electron chi connectivity index (χ1n) is 11.1. The smallest absolute Gasteiger partial charge is 0.258 e. The average Bonchev–Trinajstić information content (AvgIpc) is 2.79. The van der Waals surface area contributed by atoms with Crippen LogP contribution < -0.4 is 20.2 Å². The van der Waals surface area contributed by atoms with E-state index in [1.54, 1.807) is 32.2 Å². The van der Waals surface area contributed by atoms with Crippen LogP contribution in [0.2, 0.25) is 0 Å². The second-order valence-corrected chi connectivity index (χ2v) is 8.47. The van der Waals surface area contributed by atoms with Gasteiger partial charge in [-0.15, -0.1) is 0 Å². The Morgan fingerprint density at radius 1 is 1.09 bits per heavy atom. The highest BCUT2D eigenvalue weighted by atomic mass is 16.5. The molecule has 1 heterocycles. The second kappa shape index (κ2) is 9.47. The number of carbonyl (C=O) groups is 1. The summed E-state index contributed by atoms with van der Waals surface area (Å²) in [5, 5.41) is 3.55. The summed E-state index contributed by atoms with van der Waals surface area (Å²) in [5.41, 5.74) is 1.62. The van der Waals surface area contributed by atoms with Crippen molar-refractivity contribution in [3.05, 3.63) is 58.4 Å². The lowest BCUT2D eigenvalue weighted by atomic mass is 9.86. The van der Waals surface area contributed by atoms with Crippen LogP contribution in [0.1, 0.15) is 38.4 Å². The zero-order valence-corrected chi connectivity index (χ0v) is 18.8. The van der Waals surface area contributed by atoms with E-state index in [0.717, 1.165) is 30.6 Å². The summed E-state index contributed by atoms with van der Waals surface area (Å²) in [5.74, 6) is 2.10. The molecule has 0 spiro atoms. The molecule has 0 radical (unpaired) electrons. The molecule has 2 atom stereocenters. The van der Waals surface area contributed by atoms with Gasteiger partial charge in [0, 0.05) is 12.1 Å². The van der Waals surface area contributed by atoms with Crippen LogP contribution in [0, 0.1) is 12.8 Å². The van der Waals surface area contributed by atoms with Crippen molar-refractivity contribution < 1.29 is 18.7 Å². The Bertz CT molecular complexity index is 1170. The molecule has 3 aromatic rings. The summed E-state index contributed by atoms with van der Waals surface area (Å²) in [7, 11) is 1.60. The van der Waals surface area contributed by atoms with Crippen LogP contribution in [0.25, 0.3) is 22.1 Å². The molecular formula is C26H29NO5. The summed E-state index contributed by atoms with van der Waals surface area (Å²) in [6, 6.07) is 12.6. The maximum Gasteiger partial charge on any atom is 0.258 e. The molecule has 0 bridgehead atoms. The average molecular weight is 436 g/mol. The molecule has 0 saturated heterocycles. The minimum atomic E-state index is -0.128. The number of nitrogens with one attached hydrogen (secondary N) is 1. The molecule has 2 unspecified atom stereocenters. The van der Waals surface area contributed by atoms with E-state index < -0.39 is 0 Å². The molecule has 1 aromatic heterocycles. The molecule has 32 heavy (non-hydrogen) atoms. The molecule has 168 valence electrons. The number of methoxy groups -OCH3 is 1. The third-order valence-corrected chi connectivity index (χ3v) is 6.25. The van der Waals surface area contributed by atoms with Crippen molar-refractivity contribution in [1.82, 2.24) is 5.32 Å². The van der Waals surface area contributed by atoms with Gasteiger partial charge >= 0.3 is 0 Å². The Kier molecular flexibility index (Phi) is 6.49. The van der Waals surface area contributed by atoms with Gasteiger partial charge in [-0.3, -0.25) is 9.59 Å². The molecule has 2 aromatic carbocycles. The highest BCUT2D eigenvalue weighted by molar-refractivity contribution is 5.84. The van der Waals surface area contributed by atoms with E-state index in [1.807, 2.05) is 24.3 Å². The monoisotopic (exact) mass is 435 g/mol. The van der Waals surface area contributed by atoms with E-state index >= 15 is 0 Å². The standard InChI is InChI=1S/C26H29NO5/c1-16-6-4-5-7-22(16)27-24(28)15-31-20-12-13-21-23(14-20)32-17(2)25(26(21)29)18-8-10-19(30-3)11-9-18/h8-14,16,22H,4-7,15H2,1-3H3,(H,27,28). The van der Waals surface area contributed by atoms with Crippen molar-refractivity contribution in [3.8, 4) is 22.6 Å². The quantitative estimate of drug-likeness (QED) is 0.599. The normalized spacial score (nSPS) is 18.3. The molecule has 0 aliphatic heterocycles. The van der Waals surface area contributed by atoms with E-state index in [9.17, 15) is 9.59 Å². The highest BCUT2D eigenvalue weighted by Gasteiger charge is 2.23. The van der Waals surface area contributed by atoms with E-state index in [1.165, 1.54) is 6.42 Å². The van der Waals surface area contributed by atoms with Gasteiger partial charge < -0.3 is 19.2 Å². The zero-order chi connectivity index (χ0) is 22.7. The maximum absolute atomic E-state index is 13.1. The number of benzene rings is 2. The van der Waals surface area contributed by atoms with E-state index in [2.05, 4.69) is 12.2 Å². The first kappa shape index (κ1) is 21.9. The minimum Gasteiger partial charge on any atom is -0.497 e. The third-order valence-electron chi connectivity index (χ3n) is 6.25. The molecular weight excluding hydrogens is 406 g/mol. The Morgan fingerprint density at radius 3 is 2.53 bits per heavy atom. The molecule has 6 heteroatoms. The van der Waals surface area contributed by atoms with Gasteiger partial charge in [-0.2, -0.15) is 0 Å². The number of hydrogen-bond donors (Lipinski definition) is 1. The fraction of sp³-hybridized carbons (Fsp3) is 0.385. The summed E-state index contributed by atoms with van der Waals surface area (Å²) in [6.07, 6.45) is 4.54. The highest BCUT2D eigenvalue weighted by Crippen LogP contribution is 2.28. The minimum absolute atomic E-state index is 0.0676. The zero-order valence-electron chi connectivity index (χ0n) is 18.8. The Labute approximate surface area is 187 Å². The number of rotatable bonds is 6. The summed E-state index contributed by atoms with van der Waals surface area (Å²) in [4.78, 5) is 25.5. The van der Waals surface area contributed by atoms with Crippen LogP contribution in [0.3, 0.4) is 0 Å². The largest absolute Gasteiger partial charge is 0.497 e. The van der Waals surface area contributed by atoms with Gasteiger partial charge in [0.25, 0.3) is 5.91 Å². The lowest BCUT2D eigenvalue weighted by molar-refractivity contribution is -0.124. The van der Waals surface area contributed by atoms with Gasteiger partial charge in [0.05, 0.1) is 18.1 Å². The number of fused-ring (bicyclic) bond motifs is 1. The Balaban J connectivity index is 1.50. The predicted octanol–water partition coefficient (Wildman–Crippen LogP) is 4.85. The van der Waals surface area contributed by atoms with Crippen molar-refractivity contribution in [2.45, 2.75) is 45.6 Å². The van der Waals surface area contributed by atoms with Crippen molar-refractivity contribution in [2.75, 3.05) is 13.7 Å². The van der Waals surface area contributed by atoms with Gasteiger partial charge in [-0.25, -0.2) is 0 Å². The predicted molar refractivity (Wildman–Crippen MR) is 124 cm³/mol. The molecule has 1 N–H and O–H groups in total. The molecule has 1 amide bonds. The lowest BCUT2D eigenvalue weighted by Gasteiger charge is -2.29. The van der Waals surface area contributed by atoms with E-state index in [4.69, 9.17) is 13.9 Å². The number of carbonyl (C=O) groups excluding carboxylic acids is 1. The van der Waals surface area contributed by atoms with E-state index in [-0.39, 0.29) is 24.0 Å². The van der Waals surface area contributed by atoms with Gasteiger partial charge in [0.2, 0.25) is 5.43 Å². The first-order chi connectivity index (χ1) is 15.5. The van der Waals surface area contributed by atoms with Crippen LogP contribution in [-0.4, -0.2) is 25.7 Å². The molecule has 1 aliphatic carbocycles. The Hall–Kier alpha value is -3.28. The summed E-state index contributed by atoms with van der Waals surface area (Å²) >= 11 is 0. The van der Waals surface area contributed by atoms with Gasteiger partial charge in [-0.05, 0) is 55.5 Å². The lowest BCUT2D eigenvalue weighted by Crippen LogP contribution is -2.43. The van der Waals surface area contributed by atoms with Gasteiger partial charge in [-0.1, -0.05) is 31.9 Å². The molecule has 4 rings (SSSR count). The molecule has 1 fully saturated rings. The van der Waals surface area contributed by atoms with Crippen LogP contribution in [0.15, 0.2) is 51.7 Å². The Morgan fingerprint density at radius 2 is 1.81 bits per heavy atom. The number of aryl methyl sites for hydroxylation is 1. The first-order valence-corrected chi connectivity index (χ1v) is 11.1. The second-order valence-electron chi connectivity index (χ2n) is 8.47. The van der Waals surface area contributed by atoms with Crippen LogP contribution >= 0.6 is 0 Å². The number of ether oxygens (including phenoxy) is 2. The third kappa shape index (κ3) is 4.64. The fourth-order valence-corrected chi connectivity index (χ4v) is 4.40. The fourth-order valence-electron chi connectivity index (χ4n) is 4.40. The van der Waals surface area contributed by atoms with Crippen molar-refractivity contribution in [3.63, 3.8) is 0 Å². The van der Waals surface area contributed by atoms with Gasteiger partial charge in [0.1, 0.15) is 22.8 Å². The SMILES string of the molecule is COc1ccc(-c2c(C)oc3cc(OCC(=O)NC4CCCCC4C)ccc3c2=O)cc1. The topological polar surface area (TPSA) is 77.8 Å². The molecule has 6 nitrogen and oxygen atoms in total. The van der Waals surface area contributed by atoms with Crippen LogP contribution in [0.4, 0.5) is 0 Å². The summed E-state index contributed by atoms with van der Waals surface area (Å²) < 4.78 is 16.8.